The molecule has 0 aromatic carbocycles. The van der Waals surface area contributed by atoms with Crippen molar-refractivity contribution in [3.05, 3.63) is 29.3 Å². The lowest BCUT2D eigenvalue weighted by Gasteiger charge is -2.15. The van der Waals surface area contributed by atoms with Crippen LogP contribution in [0.4, 0.5) is 0 Å². The number of aromatic nitrogens is 4. The molecular formula is C15H21N5O3S. The smallest absolute Gasteiger partial charge is 0.274 e. The Morgan fingerprint density at radius 1 is 1.46 bits per heavy atom. The molecule has 24 heavy (non-hydrogen) atoms. The van der Waals surface area contributed by atoms with Gasteiger partial charge in [0.1, 0.15) is 4.90 Å². The molecule has 8 nitrogen and oxygen atoms in total. The summed E-state index contributed by atoms with van der Waals surface area (Å²) in [4.78, 5) is 14.6. The quantitative estimate of drug-likeness (QED) is 0.884. The van der Waals surface area contributed by atoms with Crippen LogP contribution in [-0.4, -0.2) is 58.5 Å². The number of aromatic amines is 1. The van der Waals surface area contributed by atoms with E-state index in [-0.39, 0.29) is 16.7 Å². The summed E-state index contributed by atoms with van der Waals surface area (Å²) in [5.74, 6) is -0.177. The van der Waals surface area contributed by atoms with Crippen LogP contribution in [0.25, 0.3) is 0 Å². The van der Waals surface area contributed by atoms with Crippen LogP contribution in [0.2, 0.25) is 0 Å². The third kappa shape index (κ3) is 2.95. The lowest BCUT2D eigenvalue weighted by atomic mass is 10.1. The minimum absolute atomic E-state index is 0.0597. The SMILES string of the molecule is CCn1nc(C(=O)N2CC[C@H](c3[nH]ncc3S(C)(=O)=O)C2)cc1C. The van der Waals surface area contributed by atoms with Crippen molar-refractivity contribution >= 4 is 15.7 Å². The van der Waals surface area contributed by atoms with Crippen LogP contribution < -0.4 is 0 Å². The number of carbonyl (C=O) groups is 1. The molecule has 9 heteroatoms. The number of aryl methyl sites for hydroxylation is 2. The zero-order valence-electron chi connectivity index (χ0n) is 14.0. The normalized spacial score (nSPS) is 18.3. The van der Waals surface area contributed by atoms with E-state index in [9.17, 15) is 13.2 Å². The Kier molecular flexibility index (Phi) is 4.20. The van der Waals surface area contributed by atoms with Gasteiger partial charge in [0, 0.05) is 37.5 Å². The molecule has 1 N–H and O–H groups in total. The summed E-state index contributed by atoms with van der Waals surface area (Å²) < 4.78 is 25.4. The number of sulfone groups is 1. The number of hydrogen-bond donors (Lipinski definition) is 1. The van der Waals surface area contributed by atoms with Crippen molar-refractivity contribution < 1.29 is 13.2 Å². The van der Waals surface area contributed by atoms with Gasteiger partial charge < -0.3 is 4.90 Å². The first-order valence-corrected chi connectivity index (χ1v) is 9.77. The maximum Gasteiger partial charge on any atom is 0.274 e. The molecule has 0 bridgehead atoms. The second kappa shape index (κ2) is 6.04. The van der Waals surface area contributed by atoms with E-state index in [4.69, 9.17) is 0 Å². The largest absolute Gasteiger partial charge is 0.337 e. The molecule has 3 rings (SSSR count). The maximum absolute atomic E-state index is 12.6. The molecular weight excluding hydrogens is 330 g/mol. The maximum atomic E-state index is 12.6. The van der Waals surface area contributed by atoms with Gasteiger partial charge in [-0.2, -0.15) is 10.2 Å². The third-order valence-electron chi connectivity index (χ3n) is 4.42. The number of H-pyrrole nitrogens is 1. The van der Waals surface area contributed by atoms with Gasteiger partial charge in [0.2, 0.25) is 0 Å². The predicted molar refractivity (Wildman–Crippen MR) is 87.6 cm³/mol. The highest BCUT2D eigenvalue weighted by Gasteiger charge is 2.33. The van der Waals surface area contributed by atoms with E-state index in [1.54, 1.807) is 15.6 Å². The third-order valence-corrected chi connectivity index (χ3v) is 5.54. The lowest BCUT2D eigenvalue weighted by molar-refractivity contribution is 0.0784. The van der Waals surface area contributed by atoms with Crippen molar-refractivity contribution in [2.24, 2.45) is 0 Å². The molecule has 130 valence electrons. The monoisotopic (exact) mass is 351 g/mol. The molecule has 1 atom stereocenters. The fourth-order valence-electron chi connectivity index (χ4n) is 3.15. The van der Waals surface area contributed by atoms with E-state index < -0.39 is 9.84 Å². The highest BCUT2D eigenvalue weighted by atomic mass is 32.2. The minimum Gasteiger partial charge on any atom is -0.337 e. The van der Waals surface area contributed by atoms with Crippen LogP contribution in [-0.2, 0) is 16.4 Å². The van der Waals surface area contributed by atoms with Gasteiger partial charge in [-0.15, -0.1) is 0 Å². The number of rotatable bonds is 4. The van der Waals surface area contributed by atoms with Gasteiger partial charge >= 0.3 is 0 Å². The molecule has 2 aromatic heterocycles. The lowest BCUT2D eigenvalue weighted by Crippen LogP contribution is -2.29. The van der Waals surface area contributed by atoms with E-state index in [1.807, 2.05) is 13.8 Å². The van der Waals surface area contributed by atoms with Crippen molar-refractivity contribution in [1.29, 1.82) is 0 Å². The van der Waals surface area contributed by atoms with E-state index in [2.05, 4.69) is 15.3 Å². The highest BCUT2D eigenvalue weighted by Crippen LogP contribution is 2.30. The Bertz CT molecular complexity index is 868. The molecule has 0 aliphatic carbocycles. The summed E-state index contributed by atoms with van der Waals surface area (Å²) in [6.45, 7) is 5.65. The first kappa shape index (κ1) is 16.7. The number of amides is 1. The summed E-state index contributed by atoms with van der Waals surface area (Å²) in [7, 11) is -3.34. The molecule has 3 heterocycles. The van der Waals surface area contributed by atoms with Crippen molar-refractivity contribution in [1.82, 2.24) is 24.9 Å². The molecule has 1 aliphatic heterocycles. The molecule has 1 saturated heterocycles. The second-order valence-electron chi connectivity index (χ2n) is 6.14. The molecule has 1 fully saturated rings. The van der Waals surface area contributed by atoms with Crippen molar-refractivity contribution in [2.45, 2.75) is 37.6 Å². The first-order valence-electron chi connectivity index (χ1n) is 7.88. The van der Waals surface area contributed by atoms with Crippen LogP contribution in [0.5, 0.6) is 0 Å². The topological polar surface area (TPSA) is 101 Å². The van der Waals surface area contributed by atoms with Gasteiger partial charge in [-0.3, -0.25) is 14.6 Å². The van der Waals surface area contributed by atoms with Crippen molar-refractivity contribution in [3.8, 4) is 0 Å². The fraction of sp³-hybridized carbons (Fsp3) is 0.533. The number of nitrogens with one attached hydrogen (secondary N) is 1. The van der Waals surface area contributed by atoms with Gasteiger partial charge in [0.25, 0.3) is 5.91 Å². The van der Waals surface area contributed by atoms with Crippen LogP contribution in [0, 0.1) is 6.92 Å². The standard InChI is InChI=1S/C15H21N5O3S/c1-4-20-10(2)7-12(18-20)15(21)19-6-5-11(9-19)14-13(8-16-17-14)24(3,22)23/h7-8,11H,4-6,9H2,1-3H3,(H,16,17)/t11-/m0/s1. The Morgan fingerprint density at radius 2 is 2.21 bits per heavy atom. The molecule has 2 aromatic rings. The van der Waals surface area contributed by atoms with Gasteiger partial charge in [-0.1, -0.05) is 0 Å². The second-order valence-corrected chi connectivity index (χ2v) is 8.13. The number of carbonyl (C=O) groups excluding carboxylic acids is 1. The Morgan fingerprint density at radius 3 is 2.83 bits per heavy atom. The molecule has 0 saturated carbocycles. The van der Waals surface area contributed by atoms with Gasteiger partial charge in [0.05, 0.1) is 11.9 Å². The zero-order valence-corrected chi connectivity index (χ0v) is 14.8. The van der Waals surface area contributed by atoms with Gasteiger partial charge in [0.15, 0.2) is 15.5 Å². The average molecular weight is 351 g/mol. The Balaban J connectivity index is 1.78. The minimum atomic E-state index is -3.34. The molecule has 0 unspecified atom stereocenters. The van der Waals surface area contributed by atoms with Crippen LogP contribution in [0.15, 0.2) is 17.2 Å². The van der Waals surface area contributed by atoms with Crippen LogP contribution in [0.3, 0.4) is 0 Å². The van der Waals surface area contributed by atoms with Crippen molar-refractivity contribution in [2.75, 3.05) is 19.3 Å². The summed E-state index contributed by atoms with van der Waals surface area (Å²) in [5, 5.41) is 11.0. The number of hydrogen-bond acceptors (Lipinski definition) is 5. The molecule has 1 amide bonds. The summed E-state index contributed by atoms with van der Waals surface area (Å²) in [6, 6.07) is 1.79. The van der Waals surface area contributed by atoms with E-state index in [1.165, 1.54) is 12.5 Å². The Labute approximate surface area is 140 Å². The zero-order chi connectivity index (χ0) is 17.5. The summed E-state index contributed by atoms with van der Waals surface area (Å²) in [5.41, 5.74) is 1.97. The number of likely N-dealkylation sites (tertiary alicyclic amines) is 1. The Hall–Kier alpha value is -2.16. The fourth-order valence-corrected chi connectivity index (χ4v) is 4.01. The van der Waals surface area contributed by atoms with Crippen LogP contribution in [0.1, 0.15) is 41.1 Å². The molecule has 1 aliphatic rings. The van der Waals surface area contributed by atoms with Gasteiger partial charge in [-0.25, -0.2) is 8.42 Å². The highest BCUT2D eigenvalue weighted by molar-refractivity contribution is 7.90. The van der Waals surface area contributed by atoms with E-state index in [0.29, 0.717) is 37.4 Å². The number of nitrogens with zero attached hydrogens (tertiary/aromatic N) is 4. The summed E-state index contributed by atoms with van der Waals surface area (Å²) in [6.07, 6.45) is 3.20. The van der Waals surface area contributed by atoms with Gasteiger partial charge in [-0.05, 0) is 26.3 Å². The first-order chi connectivity index (χ1) is 11.3. The van der Waals surface area contributed by atoms with E-state index in [0.717, 1.165) is 5.69 Å². The summed E-state index contributed by atoms with van der Waals surface area (Å²) >= 11 is 0. The molecule has 0 radical (unpaired) electrons. The van der Waals surface area contributed by atoms with Crippen molar-refractivity contribution in [3.63, 3.8) is 0 Å². The molecule has 0 spiro atoms. The van der Waals surface area contributed by atoms with Crippen LogP contribution >= 0.6 is 0 Å². The average Bonchev–Trinajstić information content (AvgIpc) is 3.24. The predicted octanol–water partition coefficient (Wildman–Crippen LogP) is 0.968. The van der Waals surface area contributed by atoms with E-state index >= 15 is 0 Å².